The third kappa shape index (κ3) is 3.67. The second-order valence-electron chi connectivity index (χ2n) is 9.82. The van der Waals surface area contributed by atoms with E-state index in [0.717, 1.165) is 29.5 Å². The Labute approximate surface area is 193 Å². The lowest BCUT2D eigenvalue weighted by molar-refractivity contribution is -0.0311. The quantitative estimate of drug-likeness (QED) is 0.566. The SMILES string of the molecule is COc1ncncc1C(O)(c1ccc(-c2ccc(C3(C#N)CC3)cc2C)cc1F)C(C)(C)C. The second kappa shape index (κ2) is 7.93. The van der Waals surface area contributed by atoms with E-state index in [-0.39, 0.29) is 16.9 Å². The summed E-state index contributed by atoms with van der Waals surface area (Å²) < 4.78 is 21.0. The van der Waals surface area contributed by atoms with Gasteiger partial charge in [0.2, 0.25) is 5.88 Å². The van der Waals surface area contributed by atoms with E-state index in [1.165, 1.54) is 25.7 Å². The van der Waals surface area contributed by atoms with Crippen LogP contribution in [-0.2, 0) is 11.0 Å². The first-order valence-corrected chi connectivity index (χ1v) is 11.0. The Morgan fingerprint density at radius 2 is 1.85 bits per heavy atom. The summed E-state index contributed by atoms with van der Waals surface area (Å²) in [6.07, 6.45) is 4.55. The summed E-state index contributed by atoms with van der Waals surface area (Å²) in [5, 5.41) is 21.4. The maximum atomic E-state index is 15.7. The maximum absolute atomic E-state index is 15.7. The summed E-state index contributed by atoms with van der Waals surface area (Å²) in [4.78, 5) is 8.16. The number of methoxy groups -OCH3 is 1. The van der Waals surface area contributed by atoms with Gasteiger partial charge in [0.05, 0.1) is 24.2 Å². The third-order valence-corrected chi connectivity index (χ3v) is 6.76. The fraction of sp³-hybridized carbons (Fsp3) is 0.370. The average molecular weight is 446 g/mol. The number of halogens is 1. The number of nitrogens with zero attached hydrogens (tertiary/aromatic N) is 3. The molecule has 0 aliphatic heterocycles. The summed E-state index contributed by atoms with van der Waals surface area (Å²) in [5.74, 6) is -0.334. The molecule has 1 fully saturated rings. The Morgan fingerprint density at radius 1 is 1.12 bits per heavy atom. The number of ether oxygens (including phenoxy) is 1. The van der Waals surface area contributed by atoms with Crippen LogP contribution in [0.3, 0.4) is 0 Å². The lowest BCUT2D eigenvalue weighted by Crippen LogP contribution is -2.42. The molecule has 0 amide bonds. The van der Waals surface area contributed by atoms with E-state index in [4.69, 9.17) is 4.74 Å². The van der Waals surface area contributed by atoms with Crippen molar-refractivity contribution in [1.29, 1.82) is 5.26 Å². The van der Waals surface area contributed by atoms with Crippen molar-refractivity contribution >= 4 is 0 Å². The summed E-state index contributed by atoms with van der Waals surface area (Å²) in [6, 6.07) is 13.2. The monoisotopic (exact) mass is 445 g/mol. The van der Waals surface area contributed by atoms with Crippen LogP contribution >= 0.6 is 0 Å². The Bertz CT molecular complexity index is 1250. The molecule has 1 aliphatic carbocycles. The van der Waals surface area contributed by atoms with Crippen LogP contribution in [-0.4, -0.2) is 22.2 Å². The van der Waals surface area contributed by atoms with Crippen LogP contribution in [0.25, 0.3) is 11.1 Å². The van der Waals surface area contributed by atoms with Gasteiger partial charge in [0.1, 0.15) is 17.7 Å². The van der Waals surface area contributed by atoms with Crippen LogP contribution in [0.1, 0.15) is 55.9 Å². The molecule has 1 aromatic heterocycles. The summed E-state index contributed by atoms with van der Waals surface area (Å²) in [5.41, 5.74) is 1.13. The van der Waals surface area contributed by atoms with Crippen molar-refractivity contribution in [2.75, 3.05) is 7.11 Å². The molecule has 2 aromatic carbocycles. The van der Waals surface area contributed by atoms with Crippen molar-refractivity contribution in [1.82, 2.24) is 9.97 Å². The second-order valence-corrected chi connectivity index (χ2v) is 9.82. The third-order valence-electron chi connectivity index (χ3n) is 6.76. The van der Waals surface area contributed by atoms with Gasteiger partial charge in [-0.3, -0.25) is 0 Å². The van der Waals surface area contributed by atoms with E-state index in [0.29, 0.717) is 11.1 Å². The molecule has 33 heavy (non-hydrogen) atoms. The van der Waals surface area contributed by atoms with Crippen LogP contribution in [0, 0.1) is 29.5 Å². The highest BCUT2D eigenvalue weighted by atomic mass is 19.1. The van der Waals surface area contributed by atoms with Gasteiger partial charge in [-0.05, 0) is 53.5 Å². The fourth-order valence-corrected chi connectivity index (χ4v) is 4.53. The molecular weight excluding hydrogens is 417 g/mol. The number of hydrogen-bond donors (Lipinski definition) is 1. The normalized spacial score (nSPS) is 16.5. The number of aromatic nitrogens is 2. The summed E-state index contributed by atoms with van der Waals surface area (Å²) in [7, 11) is 1.46. The standard InChI is InChI=1S/C27H28FN3O2/c1-17-12-19(26(15-29)10-11-26)7-8-20(17)18-6-9-21(23(28)13-18)27(32,25(2,3)4)22-14-30-16-31-24(22)33-5/h6-9,12-14,16,32H,10-11H2,1-5H3. The number of aliphatic hydroxyl groups is 1. The van der Waals surface area contributed by atoms with Crippen molar-refractivity contribution in [2.24, 2.45) is 5.41 Å². The molecule has 0 radical (unpaired) electrons. The number of rotatable bonds is 5. The van der Waals surface area contributed by atoms with Gasteiger partial charge in [-0.1, -0.05) is 51.1 Å². The van der Waals surface area contributed by atoms with Crippen molar-refractivity contribution in [3.8, 4) is 23.1 Å². The van der Waals surface area contributed by atoms with E-state index in [2.05, 4.69) is 16.0 Å². The van der Waals surface area contributed by atoms with E-state index in [1.807, 2.05) is 52.0 Å². The number of benzene rings is 2. The molecule has 170 valence electrons. The highest BCUT2D eigenvalue weighted by Gasteiger charge is 2.48. The molecule has 1 atom stereocenters. The van der Waals surface area contributed by atoms with Crippen molar-refractivity contribution in [3.05, 3.63) is 77.0 Å². The Morgan fingerprint density at radius 3 is 2.39 bits per heavy atom. The Balaban J connectivity index is 1.80. The molecule has 1 aliphatic rings. The largest absolute Gasteiger partial charge is 0.481 e. The Kier molecular flexibility index (Phi) is 5.50. The van der Waals surface area contributed by atoms with Crippen LogP contribution in [0.5, 0.6) is 5.88 Å². The molecule has 0 spiro atoms. The van der Waals surface area contributed by atoms with Crippen LogP contribution in [0.15, 0.2) is 48.9 Å². The molecule has 3 aromatic rings. The molecule has 0 saturated heterocycles. The number of hydrogen-bond acceptors (Lipinski definition) is 5. The molecular formula is C27H28FN3O2. The lowest BCUT2D eigenvalue weighted by Gasteiger charge is -2.41. The molecule has 5 nitrogen and oxygen atoms in total. The predicted octanol–water partition coefficient (Wildman–Crippen LogP) is 5.44. The molecule has 1 heterocycles. The minimum Gasteiger partial charge on any atom is -0.481 e. The topological polar surface area (TPSA) is 79.0 Å². The van der Waals surface area contributed by atoms with Crippen molar-refractivity contribution in [2.45, 2.75) is 51.6 Å². The van der Waals surface area contributed by atoms with E-state index >= 15 is 4.39 Å². The van der Waals surface area contributed by atoms with Crippen molar-refractivity contribution in [3.63, 3.8) is 0 Å². The minimum absolute atomic E-state index is 0.127. The minimum atomic E-state index is -1.73. The zero-order valence-electron chi connectivity index (χ0n) is 19.6. The first-order chi connectivity index (χ1) is 15.6. The van der Waals surface area contributed by atoms with Gasteiger partial charge in [-0.15, -0.1) is 0 Å². The van der Waals surface area contributed by atoms with Gasteiger partial charge in [0.15, 0.2) is 0 Å². The van der Waals surface area contributed by atoms with E-state index in [9.17, 15) is 10.4 Å². The smallest absolute Gasteiger partial charge is 0.222 e. The lowest BCUT2D eigenvalue weighted by atomic mass is 9.68. The highest BCUT2D eigenvalue weighted by molar-refractivity contribution is 5.69. The van der Waals surface area contributed by atoms with Crippen LogP contribution in [0.4, 0.5) is 4.39 Å². The number of nitriles is 1. The van der Waals surface area contributed by atoms with Gasteiger partial charge >= 0.3 is 0 Å². The first-order valence-electron chi connectivity index (χ1n) is 11.0. The summed E-state index contributed by atoms with van der Waals surface area (Å²) in [6.45, 7) is 7.46. The first kappa shape index (κ1) is 22.9. The zero-order chi connectivity index (χ0) is 24.0. The van der Waals surface area contributed by atoms with Gasteiger partial charge < -0.3 is 9.84 Å². The predicted molar refractivity (Wildman–Crippen MR) is 124 cm³/mol. The van der Waals surface area contributed by atoms with Crippen molar-refractivity contribution < 1.29 is 14.2 Å². The fourth-order valence-electron chi connectivity index (χ4n) is 4.53. The van der Waals surface area contributed by atoms with Gasteiger partial charge in [-0.25, -0.2) is 14.4 Å². The molecule has 4 rings (SSSR count). The molecule has 6 heteroatoms. The Hall–Kier alpha value is -3.30. The van der Waals surface area contributed by atoms with E-state index < -0.39 is 16.8 Å². The molecule has 0 bridgehead atoms. The maximum Gasteiger partial charge on any atom is 0.222 e. The molecule has 1 saturated carbocycles. The van der Waals surface area contributed by atoms with Gasteiger partial charge in [-0.2, -0.15) is 5.26 Å². The number of aryl methyl sites for hydroxylation is 1. The van der Waals surface area contributed by atoms with Crippen LogP contribution < -0.4 is 4.74 Å². The highest BCUT2D eigenvalue weighted by Crippen LogP contribution is 2.49. The van der Waals surface area contributed by atoms with Crippen LogP contribution in [0.2, 0.25) is 0 Å². The molecule has 1 N–H and O–H groups in total. The average Bonchev–Trinajstić information content (AvgIpc) is 3.59. The zero-order valence-corrected chi connectivity index (χ0v) is 19.6. The van der Waals surface area contributed by atoms with Gasteiger partial charge in [0, 0.05) is 11.8 Å². The van der Waals surface area contributed by atoms with E-state index in [1.54, 1.807) is 6.07 Å². The molecule has 1 unspecified atom stereocenters. The summed E-state index contributed by atoms with van der Waals surface area (Å²) >= 11 is 0. The van der Waals surface area contributed by atoms with Gasteiger partial charge in [0.25, 0.3) is 0 Å².